The first-order chi connectivity index (χ1) is 14.8. The minimum Gasteiger partial charge on any atom is -0.478 e. The quantitative estimate of drug-likeness (QED) is 0.703. The fourth-order valence-electron chi connectivity index (χ4n) is 4.28. The van der Waals surface area contributed by atoms with Crippen LogP contribution in [0.15, 0.2) is 15.7 Å². The Bertz CT molecular complexity index is 1090. The van der Waals surface area contributed by atoms with Gasteiger partial charge in [0.25, 0.3) is 11.8 Å². The van der Waals surface area contributed by atoms with E-state index in [9.17, 15) is 14.7 Å². The lowest BCUT2D eigenvalue weighted by Gasteiger charge is -2.30. The molecule has 2 aromatic rings. The topological polar surface area (TPSA) is 115 Å². The molecule has 1 amide bonds. The number of hydrogen-bond donors (Lipinski definition) is 2. The normalized spacial score (nSPS) is 20.5. The van der Waals surface area contributed by atoms with Crippen LogP contribution < -0.4 is 5.32 Å². The highest BCUT2D eigenvalue weighted by atomic mass is 32.1. The fourth-order valence-corrected chi connectivity index (χ4v) is 5.40. The number of carboxylic acid groups (broad SMARTS) is 1. The van der Waals surface area contributed by atoms with E-state index in [0.29, 0.717) is 54.1 Å². The molecular weight excluding hydrogens is 418 g/mol. The van der Waals surface area contributed by atoms with Crippen molar-refractivity contribution in [2.75, 3.05) is 5.32 Å². The highest BCUT2D eigenvalue weighted by molar-refractivity contribution is 7.17. The van der Waals surface area contributed by atoms with Crippen LogP contribution in [0.4, 0.5) is 5.00 Å². The first-order valence-corrected chi connectivity index (χ1v) is 11.5. The second kappa shape index (κ2) is 7.56. The third-order valence-corrected chi connectivity index (χ3v) is 7.23. The summed E-state index contributed by atoms with van der Waals surface area (Å²) in [6.45, 7) is 4.51. The summed E-state index contributed by atoms with van der Waals surface area (Å²) in [5.74, 6) is 0.0937. The zero-order valence-corrected chi connectivity index (χ0v) is 18.4. The molecule has 0 aromatic carbocycles. The number of fused-ring (bicyclic) bond motifs is 1. The Morgan fingerprint density at radius 1 is 1.19 bits per heavy atom. The van der Waals surface area contributed by atoms with Crippen LogP contribution >= 0.6 is 11.3 Å². The molecule has 0 saturated heterocycles. The van der Waals surface area contributed by atoms with Crippen LogP contribution in [0.1, 0.15) is 74.6 Å². The highest BCUT2D eigenvalue weighted by Gasteiger charge is 2.36. The number of hydrogen-bond acceptors (Lipinski definition) is 7. The summed E-state index contributed by atoms with van der Waals surface area (Å²) in [5, 5.41) is 17.3. The molecule has 3 heterocycles. The van der Waals surface area contributed by atoms with E-state index in [1.165, 1.54) is 11.3 Å². The predicted molar refractivity (Wildman–Crippen MR) is 114 cm³/mol. The Balaban J connectivity index is 1.54. The summed E-state index contributed by atoms with van der Waals surface area (Å²) in [6, 6.07) is 0. The van der Waals surface area contributed by atoms with Gasteiger partial charge in [0, 0.05) is 28.4 Å². The van der Waals surface area contributed by atoms with Crippen molar-refractivity contribution >= 4 is 28.2 Å². The van der Waals surface area contributed by atoms with Gasteiger partial charge < -0.3 is 19.7 Å². The molecule has 31 heavy (non-hydrogen) atoms. The number of aliphatic carboxylic acids is 1. The Kier molecular flexibility index (Phi) is 4.97. The van der Waals surface area contributed by atoms with E-state index < -0.39 is 5.97 Å². The first kappa shape index (κ1) is 20.4. The number of carboxylic acids is 1. The summed E-state index contributed by atoms with van der Waals surface area (Å²) < 4.78 is 11.6. The van der Waals surface area contributed by atoms with Crippen LogP contribution in [-0.2, 0) is 27.4 Å². The Labute approximate surface area is 183 Å². The lowest BCUT2D eigenvalue weighted by molar-refractivity contribution is -0.133. The van der Waals surface area contributed by atoms with Gasteiger partial charge in [-0.2, -0.15) is 4.98 Å². The van der Waals surface area contributed by atoms with Crippen molar-refractivity contribution in [3.8, 4) is 11.5 Å². The Morgan fingerprint density at radius 3 is 2.65 bits per heavy atom. The molecular formula is C22H25N3O5S. The molecule has 3 aliphatic rings. The number of nitrogens with one attached hydrogen (secondary N) is 1. The third kappa shape index (κ3) is 3.92. The standard InChI is InChI=1S/C22H25N3O5S/c1-22(2)9-14-15(10-29-22)31-20(16(14)19-23-17(25-30-19)11-7-8-11)24-18(26)12-5-3-4-6-13(12)21(27)28/h11H,3-10H2,1-2H3,(H,24,26)(H,27,28). The monoisotopic (exact) mass is 443 g/mol. The van der Waals surface area contributed by atoms with E-state index in [2.05, 4.69) is 15.5 Å². The zero-order chi connectivity index (χ0) is 21.8. The van der Waals surface area contributed by atoms with E-state index in [1.807, 2.05) is 13.8 Å². The molecule has 1 fully saturated rings. The number of rotatable bonds is 5. The second-order valence-electron chi connectivity index (χ2n) is 9.09. The molecule has 0 bridgehead atoms. The van der Waals surface area contributed by atoms with Crippen LogP contribution in [0, 0.1) is 0 Å². The minimum absolute atomic E-state index is 0.213. The number of thiophene rings is 1. The van der Waals surface area contributed by atoms with Gasteiger partial charge in [0.2, 0.25) is 0 Å². The van der Waals surface area contributed by atoms with Crippen molar-refractivity contribution < 1.29 is 24.0 Å². The van der Waals surface area contributed by atoms with E-state index in [4.69, 9.17) is 9.26 Å². The summed E-state index contributed by atoms with van der Waals surface area (Å²) in [5.41, 5.74) is 2.03. The van der Waals surface area contributed by atoms with E-state index >= 15 is 0 Å². The number of aromatic nitrogens is 2. The minimum atomic E-state index is -1.02. The predicted octanol–water partition coefficient (Wildman–Crippen LogP) is 4.42. The molecule has 2 N–H and O–H groups in total. The van der Waals surface area contributed by atoms with Crippen LogP contribution in [0.5, 0.6) is 0 Å². The maximum Gasteiger partial charge on any atom is 0.332 e. The van der Waals surface area contributed by atoms with Crippen molar-refractivity contribution in [3.63, 3.8) is 0 Å². The van der Waals surface area contributed by atoms with Gasteiger partial charge in [0.15, 0.2) is 5.82 Å². The van der Waals surface area contributed by atoms with Gasteiger partial charge in [-0.25, -0.2) is 4.79 Å². The summed E-state index contributed by atoms with van der Waals surface area (Å²) >= 11 is 1.44. The smallest absolute Gasteiger partial charge is 0.332 e. The van der Waals surface area contributed by atoms with Crippen molar-refractivity contribution in [2.45, 2.75) is 76.9 Å². The number of carbonyl (C=O) groups excluding carboxylic acids is 1. The van der Waals surface area contributed by atoms with Crippen LogP contribution in [0.2, 0.25) is 0 Å². The van der Waals surface area contributed by atoms with Gasteiger partial charge >= 0.3 is 5.97 Å². The maximum atomic E-state index is 13.1. The SMILES string of the molecule is CC1(C)Cc2c(sc(NC(=O)C3=C(C(=O)O)CCCC3)c2-c2nc(C3CC3)no2)CO1. The number of anilines is 1. The van der Waals surface area contributed by atoms with Crippen molar-refractivity contribution in [3.05, 3.63) is 27.4 Å². The molecule has 0 radical (unpaired) electrons. The Morgan fingerprint density at radius 2 is 1.94 bits per heavy atom. The van der Waals surface area contributed by atoms with Crippen LogP contribution in [0.25, 0.3) is 11.5 Å². The van der Waals surface area contributed by atoms with Gasteiger partial charge in [0.05, 0.1) is 17.8 Å². The average molecular weight is 444 g/mol. The number of ether oxygens (including phenoxy) is 1. The number of carbonyl (C=O) groups is 2. The van der Waals surface area contributed by atoms with Crippen LogP contribution in [-0.4, -0.2) is 32.7 Å². The van der Waals surface area contributed by atoms with Crippen molar-refractivity contribution in [2.24, 2.45) is 0 Å². The molecule has 164 valence electrons. The summed E-state index contributed by atoms with van der Waals surface area (Å²) in [4.78, 5) is 30.4. The molecule has 0 spiro atoms. The van der Waals surface area contributed by atoms with E-state index in [1.54, 1.807) is 0 Å². The molecule has 8 nitrogen and oxygen atoms in total. The fraction of sp³-hybridized carbons (Fsp3) is 0.545. The average Bonchev–Trinajstić information content (AvgIpc) is 3.37. The van der Waals surface area contributed by atoms with Crippen molar-refractivity contribution in [1.82, 2.24) is 10.1 Å². The van der Waals surface area contributed by atoms with Crippen molar-refractivity contribution in [1.29, 1.82) is 0 Å². The van der Waals surface area contributed by atoms with E-state index in [0.717, 1.165) is 41.7 Å². The number of nitrogens with zero attached hydrogens (tertiary/aromatic N) is 2. The second-order valence-corrected chi connectivity index (χ2v) is 10.2. The molecule has 2 aliphatic carbocycles. The number of amides is 1. The van der Waals surface area contributed by atoms with Gasteiger partial charge in [0.1, 0.15) is 5.00 Å². The molecule has 9 heteroatoms. The first-order valence-electron chi connectivity index (χ1n) is 10.7. The summed E-state index contributed by atoms with van der Waals surface area (Å²) in [6.07, 6.45) is 5.28. The molecule has 5 rings (SSSR count). The van der Waals surface area contributed by atoms with Crippen LogP contribution in [0.3, 0.4) is 0 Å². The maximum absolute atomic E-state index is 13.1. The largest absolute Gasteiger partial charge is 0.478 e. The molecule has 1 saturated carbocycles. The summed E-state index contributed by atoms with van der Waals surface area (Å²) in [7, 11) is 0. The molecule has 1 aliphatic heterocycles. The molecule has 0 atom stereocenters. The lowest BCUT2D eigenvalue weighted by Crippen LogP contribution is -2.31. The van der Waals surface area contributed by atoms with Gasteiger partial charge in [-0.3, -0.25) is 4.79 Å². The molecule has 0 unspecified atom stereocenters. The van der Waals surface area contributed by atoms with E-state index in [-0.39, 0.29) is 17.1 Å². The lowest BCUT2D eigenvalue weighted by atomic mass is 9.91. The third-order valence-electron chi connectivity index (χ3n) is 6.11. The van der Waals surface area contributed by atoms with Gasteiger partial charge in [-0.1, -0.05) is 5.16 Å². The van der Waals surface area contributed by atoms with Gasteiger partial charge in [-0.05, 0) is 57.9 Å². The highest BCUT2D eigenvalue weighted by Crippen LogP contribution is 2.47. The Hall–Kier alpha value is -2.52. The zero-order valence-electron chi connectivity index (χ0n) is 17.6. The molecule has 2 aromatic heterocycles. The van der Waals surface area contributed by atoms with Gasteiger partial charge in [-0.15, -0.1) is 11.3 Å².